The fourth-order valence-electron chi connectivity index (χ4n) is 3.88. The molecule has 3 N–H and O–H groups in total. The molecule has 6 nitrogen and oxygen atoms in total. The van der Waals surface area contributed by atoms with Gasteiger partial charge < -0.3 is 15.4 Å². The zero-order valence-corrected chi connectivity index (χ0v) is 14.8. The molecule has 6 heteroatoms. The number of benzene rings is 1. The summed E-state index contributed by atoms with van der Waals surface area (Å²) in [5, 5.41) is 13.3. The monoisotopic (exact) mass is 355 g/mol. The molecule has 1 amide bonds. The molecule has 4 rings (SSSR count). The van der Waals surface area contributed by atoms with Crippen molar-refractivity contribution >= 4 is 22.8 Å². The number of aliphatic carboxylic acids is 1. The summed E-state index contributed by atoms with van der Waals surface area (Å²) in [6.07, 6.45) is 6.39. The number of carbonyl (C=O) groups is 2. The van der Waals surface area contributed by atoms with Crippen molar-refractivity contribution in [3.8, 4) is 0 Å². The molecule has 26 heavy (non-hydrogen) atoms. The van der Waals surface area contributed by atoms with Crippen LogP contribution in [0.1, 0.15) is 31.2 Å². The van der Waals surface area contributed by atoms with E-state index in [2.05, 4.69) is 15.2 Å². The van der Waals surface area contributed by atoms with Gasteiger partial charge in [0.15, 0.2) is 0 Å². The summed E-state index contributed by atoms with van der Waals surface area (Å²) in [7, 11) is 0. The maximum atomic E-state index is 12.4. The Morgan fingerprint density at radius 2 is 2.00 bits per heavy atom. The Morgan fingerprint density at radius 3 is 2.73 bits per heavy atom. The Bertz CT molecular complexity index is 805. The minimum atomic E-state index is -0.766. The number of hydrogen-bond donors (Lipinski definition) is 3. The van der Waals surface area contributed by atoms with Crippen molar-refractivity contribution < 1.29 is 14.7 Å². The molecule has 2 fully saturated rings. The number of nitrogens with zero attached hydrogens (tertiary/aromatic N) is 1. The number of carboxylic acids is 1. The lowest BCUT2D eigenvalue weighted by Crippen LogP contribution is -2.55. The smallest absolute Gasteiger partial charge is 0.317 e. The van der Waals surface area contributed by atoms with E-state index in [0.29, 0.717) is 12.3 Å². The summed E-state index contributed by atoms with van der Waals surface area (Å²) in [4.78, 5) is 28.7. The van der Waals surface area contributed by atoms with Crippen LogP contribution in [-0.2, 0) is 16.0 Å². The van der Waals surface area contributed by atoms with Gasteiger partial charge in [-0.25, -0.2) is 0 Å². The molecule has 0 saturated heterocycles. The summed E-state index contributed by atoms with van der Waals surface area (Å²) in [5.41, 5.74) is 2.05. The summed E-state index contributed by atoms with van der Waals surface area (Å²) in [6, 6.07) is 8.42. The van der Waals surface area contributed by atoms with Gasteiger partial charge in [-0.1, -0.05) is 18.2 Å². The molecule has 0 atom stereocenters. The van der Waals surface area contributed by atoms with E-state index in [4.69, 9.17) is 5.11 Å². The van der Waals surface area contributed by atoms with Crippen LogP contribution in [0.3, 0.4) is 0 Å². The summed E-state index contributed by atoms with van der Waals surface area (Å²) >= 11 is 0. The van der Waals surface area contributed by atoms with Crippen LogP contribution in [0.25, 0.3) is 10.9 Å². The van der Waals surface area contributed by atoms with Gasteiger partial charge in [-0.2, -0.15) is 0 Å². The Morgan fingerprint density at radius 1 is 1.23 bits per heavy atom. The van der Waals surface area contributed by atoms with Crippen molar-refractivity contribution in [1.29, 1.82) is 0 Å². The standard InChI is InChI=1S/C20H25N3O3/c24-19(7-14-10-21-18-4-2-1-3-17(14)18)22-15-8-16(9-15)23(12-20(25)26)11-13-5-6-13/h1-4,10,13,15-16,21H,5-9,11-12H2,(H,22,24)(H,25,26). The molecule has 2 aliphatic rings. The fraction of sp³-hybridized carbons (Fsp3) is 0.500. The first-order valence-electron chi connectivity index (χ1n) is 9.38. The SMILES string of the molecule is O=C(O)CN(CC1CC1)C1CC(NC(=O)Cc2c[nH]c3ccccc23)C1. The van der Waals surface area contributed by atoms with E-state index < -0.39 is 5.97 Å². The zero-order chi connectivity index (χ0) is 18.1. The number of aromatic nitrogens is 1. The van der Waals surface area contributed by atoms with Gasteiger partial charge in [-0.05, 0) is 43.2 Å². The number of H-pyrrole nitrogens is 1. The third-order valence-corrected chi connectivity index (χ3v) is 5.55. The molecule has 2 aromatic rings. The van der Waals surface area contributed by atoms with Gasteiger partial charge in [-0.15, -0.1) is 0 Å². The highest BCUT2D eigenvalue weighted by Crippen LogP contribution is 2.33. The molecular weight excluding hydrogens is 330 g/mol. The molecule has 1 heterocycles. The van der Waals surface area contributed by atoms with E-state index in [1.807, 2.05) is 30.5 Å². The van der Waals surface area contributed by atoms with E-state index in [9.17, 15) is 9.59 Å². The average molecular weight is 355 g/mol. The van der Waals surface area contributed by atoms with Crippen LogP contribution in [0.5, 0.6) is 0 Å². The van der Waals surface area contributed by atoms with Crippen LogP contribution in [0.2, 0.25) is 0 Å². The van der Waals surface area contributed by atoms with Crippen molar-refractivity contribution in [1.82, 2.24) is 15.2 Å². The molecule has 2 aliphatic carbocycles. The van der Waals surface area contributed by atoms with Crippen molar-refractivity contribution in [2.75, 3.05) is 13.1 Å². The number of carboxylic acid groups (broad SMARTS) is 1. The lowest BCUT2D eigenvalue weighted by molar-refractivity contribution is -0.140. The maximum absolute atomic E-state index is 12.4. The van der Waals surface area contributed by atoms with E-state index in [1.165, 1.54) is 12.8 Å². The van der Waals surface area contributed by atoms with E-state index in [-0.39, 0.29) is 24.5 Å². The summed E-state index contributed by atoms with van der Waals surface area (Å²) in [6.45, 7) is 0.990. The number of amides is 1. The first-order valence-corrected chi connectivity index (χ1v) is 9.38. The highest BCUT2D eigenvalue weighted by molar-refractivity contribution is 5.88. The summed E-state index contributed by atoms with van der Waals surface area (Å²) in [5.74, 6) is -0.0625. The van der Waals surface area contributed by atoms with Gasteiger partial charge in [-0.3, -0.25) is 14.5 Å². The molecule has 2 saturated carbocycles. The van der Waals surface area contributed by atoms with Gasteiger partial charge >= 0.3 is 5.97 Å². The maximum Gasteiger partial charge on any atom is 0.317 e. The number of carbonyl (C=O) groups excluding carboxylic acids is 1. The van der Waals surface area contributed by atoms with Crippen molar-refractivity contribution in [2.24, 2.45) is 5.92 Å². The van der Waals surface area contributed by atoms with Gasteiger partial charge in [0, 0.05) is 35.7 Å². The van der Waals surface area contributed by atoms with Gasteiger partial charge in [0.25, 0.3) is 0 Å². The minimum Gasteiger partial charge on any atom is -0.480 e. The molecule has 1 aromatic carbocycles. The number of nitrogens with one attached hydrogen (secondary N) is 2. The zero-order valence-electron chi connectivity index (χ0n) is 14.8. The van der Waals surface area contributed by atoms with Crippen molar-refractivity contribution in [3.63, 3.8) is 0 Å². The highest BCUT2D eigenvalue weighted by atomic mass is 16.4. The molecule has 1 aromatic heterocycles. The van der Waals surface area contributed by atoms with Crippen LogP contribution in [0.15, 0.2) is 30.5 Å². The summed E-state index contributed by atoms with van der Waals surface area (Å²) < 4.78 is 0. The third kappa shape index (κ3) is 3.90. The van der Waals surface area contributed by atoms with Crippen molar-refractivity contribution in [2.45, 2.75) is 44.2 Å². The Balaban J connectivity index is 1.27. The second kappa shape index (κ2) is 7.11. The largest absolute Gasteiger partial charge is 0.480 e. The van der Waals surface area contributed by atoms with Gasteiger partial charge in [0.05, 0.1) is 13.0 Å². The van der Waals surface area contributed by atoms with Crippen LogP contribution in [0.4, 0.5) is 0 Å². The third-order valence-electron chi connectivity index (χ3n) is 5.55. The van der Waals surface area contributed by atoms with Crippen LogP contribution in [0, 0.1) is 5.92 Å². The number of rotatable bonds is 8. The quantitative estimate of drug-likeness (QED) is 0.677. The van der Waals surface area contributed by atoms with E-state index in [1.54, 1.807) is 0 Å². The van der Waals surface area contributed by atoms with E-state index >= 15 is 0 Å². The molecule has 0 bridgehead atoms. The van der Waals surface area contributed by atoms with Crippen molar-refractivity contribution in [3.05, 3.63) is 36.0 Å². The minimum absolute atomic E-state index is 0.0326. The lowest BCUT2D eigenvalue weighted by Gasteiger charge is -2.42. The second-order valence-electron chi connectivity index (χ2n) is 7.69. The van der Waals surface area contributed by atoms with Crippen LogP contribution >= 0.6 is 0 Å². The Kier molecular flexibility index (Phi) is 4.68. The first-order chi connectivity index (χ1) is 12.6. The number of aromatic amines is 1. The number of hydrogen-bond acceptors (Lipinski definition) is 3. The predicted octanol–water partition coefficient (Wildman–Crippen LogP) is 2.15. The first kappa shape index (κ1) is 17.1. The topological polar surface area (TPSA) is 85.4 Å². The molecule has 0 unspecified atom stereocenters. The normalized spacial score (nSPS) is 22.3. The van der Waals surface area contributed by atoms with Gasteiger partial charge in [0.1, 0.15) is 0 Å². The molecule has 138 valence electrons. The van der Waals surface area contributed by atoms with Crippen LogP contribution in [-0.4, -0.2) is 52.0 Å². The lowest BCUT2D eigenvalue weighted by atomic mass is 9.85. The molecule has 0 radical (unpaired) electrons. The molecule has 0 aliphatic heterocycles. The predicted molar refractivity (Wildman–Crippen MR) is 98.9 cm³/mol. The Hall–Kier alpha value is -2.34. The van der Waals surface area contributed by atoms with E-state index in [0.717, 1.165) is 35.9 Å². The molecule has 0 spiro atoms. The number of fused-ring (bicyclic) bond motifs is 1. The molecular formula is C20H25N3O3. The second-order valence-corrected chi connectivity index (χ2v) is 7.69. The number of para-hydroxylation sites is 1. The fourth-order valence-corrected chi connectivity index (χ4v) is 3.88. The average Bonchev–Trinajstić information content (AvgIpc) is 3.29. The highest BCUT2D eigenvalue weighted by Gasteiger charge is 2.37. The Labute approximate surface area is 152 Å². The van der Waals surface area contributed by atoms with Gasteiger partial charge in [0.2, 0.25) is 5.91 Å². The van der Waals surface area contributed by atoms with Crippen LogP contribution < -0.4 is 5.32 Å².